The van der Waals surface area contributed by atoms with Crippen LogP contribution in [-0.4, -0.2) is 18.9 Å². The van der Waals surface area contributed by atoms with Crippen LogP contribution in [0.2, 0.25) is 0 Å². The molecule has 4 nitrogen and oxygen atoms in total. The first-order chi connectivity index (χ1) is 10.1. The zero-order valence-electron chi connectivity index (χ0n) is 11.8. The molecule has 5 heteroatoms. The van der Waals surface area contributed by atoms with Gasteiger partial charge in [0.25, 0.3) is 0 Å². The first-order valence-corrected chi connectivity index (χ1v) is 6.64. The summed E-state index contributed by atoms with van der Waals surface area (Å²) in [5.41, 5.74) is 7.83. The molecule has 1 atom stereocenters. The second-order valence-corrected chi connectivity index (χ2v) is 4.81. The molecule has 0 aliphatic rings. The van der Waals surface area contributed by atoms with Gasteiger partial charge in [0.2, 0.25) is 0 Å². The zero-order valence-corrected chi connectivity index (χ0v) is 11.8. The molecular formula is C16H18FN3O. The lowest BCUT2D eigenvalue weighted by molar-refractivity contribution is 0.296. The number of benzene rings is 2. The number of rotatable bonds is 6. The smallest absolute Gasteiger partial charge is 0.123 e. The summed E-state index contributed by atoms with van der Waals surface area (Å²) in [6.45, 7) is 2.28. The summed E-state index contributed by atoms with van der Waals surface area (Å²) >= 11 is 0. The fraction of sp³-hybridized carbons (Fsp3) is 0.188. The van der Waals surface area contributed by atoms with E-state index in [1.165, 1.54) is 18.3 Å². The molecule has 21 heavy (non-hydrogen) atoms. The molecule has 4 N–H and O–H groups in total. The summed E-state index contributed by atoms with van der Waals surface area (Å²) in [5.74, 6) is 0.378. The maximum Gasteiger partial charge on any atom is 0.123 e. The number of ether oxygens (including phenoxy) is 1. The van der Waals surface area contributed by atoms with E-state index >= 15 is 0 Å². The SMILES string of the molecule is C[C@H](N)COc1ccc(Nc2ccc(F)cc2)c(C=N)c1. The van der Waals surface area contributed by atoms with Gasteiger partial charge >= 0.3 is 0 Å². The van der Waals surface area contributed by atoms with Crippen molar-refractivity contribution in [2.45, 2.75) is 13.0 Å². The van der Waals surface area contributed by atoms with E-state index in [2.05, 4.69) is 5.32 Å². The zero-order chi connectivity index (χ0) is 15.2. The average Bonchev–Trinajstić information content (AvgIpc) is 2.48. The standard InChI is InChI=1S/C16H18FN3O/c1-11(19)10-21-15-6-7-16(12(8-15)9-18)20-14-4-2-13(17)3-5-14/h2-9,11,18,20H,10,19H2,1H3/t11-/m0/s1. The normalized spacial score (nSPS) is 11.8. The van der Waals surface area contributed by atoms with Crippen LogP contribution in [0.1, 0.15) is 12.5 Å². The van der Waals surface area contributed by atoms with Crippen molar-refractivity contribution < 1.29 is 9.13 Å². The summed E-state index contributed by atoms with van der Waals surface area (Å²) < 4.78 is 18.4. The van der Waals surface area contributed by atoms with Crippen LogP contribution in [0.5, 0.6) is 5.75 Å². The summed E-state index contributed by atoms with van der Waals surface area (Å²) in [6, 6.07) is 11.4. The van der Waals surface area contributed by atoms with Gasteiger partial charge in [-0.3, -0.25) is 0 Å². The van der Waals surface area contributed by atoms with Gasteiger partial charge in [0.05, 0.1) is 0 Å². The summed E-state index contributed by atoms with van der Waals surface area (Å²) in [7, 11) is 0. The second-order valence-electron chi connectivity index (χ2n) is 4.81. The lowest BCUT2D eigenvalue weighted by Crippen LogP contribution is -2.23. The molecule has 110 valence electrons. The topological polar surface area (TPSA) is 71.1 Å². The van der Waals surface area contributed by atoms with E-state index in [-0.39, 0.29) is 11.9 Å². The van der Waals surface area contributed by atoms with Crippen LogP contribution in [-0.2, 0) is 0 Å². The molecular weight excluding hydrogens is 269 g/mol. The Bertz CT molecular complexity index is 611. The van der Waals surface area contributed by atoms with Crippen LogP contribution in [0.4, 0.5) is 15.8 Å². The van der Waals surface area contributed by atoms with Crippen LogP contribution >= 0.6 is 0 Å². The molecule has 0 aromatic heterocycles. The maximum absolute atomic E-state index is 12.9. The van der Waals surface area contributed by atoms with E-state index in [0.29, 0.717) is 17.9 Å². The minimum absolute atomic E-state index is 0.0505. The molecule has 0 aliphatic heterocycles. The number of nitrogens with one attached hydrogen (secondary N) is 2. The number of anilines is 2. The monoisotopic (exact) mass is 287 g/mol. The van der Waals surface area contributed by atoms with Crippen molar-refractivity contribution in [1.29, 1.82) is 5.41 Å². The van der Waals surface area contributed by atoms with Crippen molar-refractivity contribution in [2.24, 2.45) is 5.73 Å². The van der Waals surface area contributed by atoms with Gasteiger partial charge in [0, 0.05) is 29.2 Å². The molecule has 2 aromatic carbocycles. The molecule has 0 bridgehead atoms. The molecule has 0 aliphatic carbocycles. The van der Waals surface area contributed by atoms with Crippen LogP contribution in [0.15, 0.2) is 42.5 Å². The largest absolute Gasteiger partial charge is 0.492 e. The molecule has 2 aromatic rings. The molecule has 0 saturated heterocycles. The molecule has 0 heterocycles. The molecule has 0 spiro atoms. The van der Waals surface area contributed by atoms with Gasteiger partial charge in [-0.25, -0.2) is 4.39 Å². The van der Waals surface area contributed by atoms with Crippen LogP contribution in [0.25, 0.3) is 0 Å². The minimum Gasteiger partial charge on any atom is -0.492 e. The summed E-state index contributed by atoms with van der Waals surface area (Å²) in [6.07, 6.45) is 1.24. The Kier molecular flexibility index (Phi) is 4.90. The van der Waals surface area contributed by atoms with Crippen LogP contribution in [0, 0.1) is 11.2 Å². The average molecular weight is 287 g/mol. The molecule has 0 fully saturated rings. The maximum atomic E-state index is 12.9. The number of nitrogens with two attached hydrogens (primary N) is 1. The van der Waals surface area contributed by atoms with E-state index in [9.17, 15) is 4.39 Å². The van der Waals surface area contributed by atoms with Gasteiger partial charge in [0.1, 0.15) is 18.2 Å². The quantitative estimate of drug-likeness (QED) is 0.714. The van der Waals surface area contributed by atoms with Gasteiger partial charge in [-0.05, 0) is 49.4 Å². The van der Waals surface area contributed by atoms with Crippen LogP contribution in [0.3, 0.4) is 0 Å². The van der Waals surface area contributed by atoms with Crippen molar-refractivity contribution >= 4 is 17.6 Å². The van der Waals surface area contributed by atoms with Crippen molar-refractivity contribution in [3.63, 3.8) is 0 Å². The van der Waals surface area contributed by atoms with E-state index in [1.807, 2.05) is 13.0 Å². The third-order valence-corrected chi connectivity index (χ3v) is 2.81. The molecule has 0 radical (unpaired) electrons. The summed E-state index contributed by atoms with van der Waals surface area (Å²) in [5, 5.41) is 10.6. The van der Waals surface area contributed by atoms with Gasteiger partial charge in [-0.2, -0.15) is 0 Å². The highest BCUT2D eigenvalue weighted by Gasteiger charge is 2.05. The third kappa shape index (κ3) is 4.29. The first kappa shape index (κ1) is 15.0. The second kappa shape index (κ2) is 6.85. The van der Waals surface area contributed by atoms with Crippen molar-refractivity contribution in [3.05, 3.63) is 53.8 Å². The Morgan fingerprint density at radius 3 is 2.62 bits per heavy atom. The fourth-order valence-electron chi connectivity index (χ4n) is 1.78. The molecule has 0 unspecified atom stereocenters. The third-order valence-electron chi connectivity index (χ3n) is 2.81. The molecule has 0 saturated carbocycles. The summed E-state index contributed by atoms with van der Waals surface area (Å²) in [4.78, 5) is 0. The predicted molar refractivity (Wildman–Crippen MR) is 83.2 cm³/mol. The molecule has 0 amide bonds. The number of halogens is 1. The number of hydrogen-bond acceptors (Lipinski definition) is 4. The van der Waals surface area contributed by atoms with Crippen LogP contribution < -0.4 is 15.8 Å². The number of hydrogen-bond donors (Lipinski definition) is 3. The first-order valence-electron chi connectivity index (χ1n) is 6.64. The van der Waals surface area contributed by atoms with Gasteiger partial charge in [-0.1, -0.05) is 0 Å². The van der Waals surface area contributed by atoms with Crippen molar-refractivity contribution in [2.75, 3.05) is 11.9 Å². The van der Waals surface area contributed by atoms with Crippen molar-refractivity contribution in [3.8, 4) is 5.75 Å². The van der Waals surface area contributed by atoms with E-state index in [0.717, 1.165) is 11.4 Å². The van der Waals surface area contributed by atoms with E-state index in [1.54, 1.807) is 24.3 Å². The lowest BCUT2D eigenvalue weighted by Gasteiger charge is -2.13. The van der Waals surface area contributed by atoms with Gasteiger partial charge in [-0.15, -0.1) is 0 Å². The van der Waals surface area contributed by atoms with Gasteiger partial charge < -0.3 is 21.2 Å². The van der Waals surface area contributed by atoms with Crippen molar-refractivity contribution in [1.82, 2.24) is 0 Å². The predicted octanol–water partition coefficient (Wildman–Crippen LogP) is 3.29. The Morgan fingerprint density at radius 2 is 2.00 bits per heavy atom. The van der Waals surface area contributed by atoms with E-state index < -0.39 is 0 Å². The minimum atomic E-state index is -0.285. The highest BCUT2D eigenvalue weighted by atomic mass is 19.1. The highest BCUT2D eigenvalue weighted by molar-refractivity contribution is 5.88. The Labute approximate surface area is 123 Å². The Morgan fingerprint density at radius 1 is 1.29 bits per heavy atom. The van der Waals surface area contributed by atoms with Gasteiger partial charge in [0.15, 0.2) is 0 Å². The Balaban J connectivity index is 2.16. The molecule has 2 rings (SSSR count). The van der Waals surface area contributed by atoms with E-state index in [4.69, 9.17) is 15.9 Å². The highest BCUT2D eigenvalue weighted by Crippen LogP contribution is 2.24. The fourth-order valence-corrected chi connectivity index (χ4v) is 1.78. The Hall–Kier alpha value is -2.40. The lowest BCUT2D eigenvalue weighted by atomic mass is 10.1.